The zero-order valence-electron chi connectivity index (χ0n) is 7.94. The molecule has 0 aliphatic carbocycles. The molecule has 4 N–H and O–H groups in total. The summed E-state index contributed by atoms with van der Waals surface area (Å²) < 4.78 is 0. The Hall–Kier alpha value is -1.74. The molecule has 0 aliphatic heterocycles. The highest BCUT2D eigenvalue weighted by atomic mass is 35.5. The van der Waals surface area contributed by atoms with Crippen molar-refractivity contribution in [3.8, 4) is 11.1 Å². The number of pyridine rings is 1. The van der Waals surface area contributed by atoms with Gasteiger partial charge < -0.3 is 11.5 Å². The highest BCUT2D eigenvalue weighted by Crippen LogP contribution is 2.28. The summed E-state index contributed by atoms with van der Waals surface area (Å²) in [6, 6.07) is 8.96. The van der Waals surface area contributed by atoms with Crippen LogP contribution in [0.5, 0.6) is 0 Å². The van der Waals surface area contributed by atoms with Gasteiger partial charge in [-0.15, -0.1) is 0 Å². The first-order chi connectivity index (χ1) is 7.16. The smallest absolute Gasteiger partial charge is 0.129 e. The second-order valence-electron chi connectivity index (χ2n) is 3.21. The molecule has 2 aromatic rings. The van der Waals surface area contributed by atoms with Crippen LogP contribution < -0.4 is 11.5 Å². The standard InChI is InChI=1S/C11H10ClN3/c12-11-5-7(3-4-15-11)9-6-8(13)1-2-10(9)14/h1-6H,13-14H2. The fourth-order valence-electron chi connectivity index (χ4n) is 1.39. The van der Waals surface area contributed by atoms with Gasteiger partial charge in [-0.05, 0) is 35.9 Å². The van der Waals surface area contributed by atoms with Crippen LogP contribution in [-0.2, 0) is 0 Å². The van der Waals surface area contributed by atoms with Gasteiger partial charge in [-0.3, -0.25) is 0 Å². The zero-order chi connectivity index (χ0) is 10.8. The van der Waals surface area contributed by atoms with E-state index in [9.17, 15) is 0 Å². The number of benzene rings is 1. The van der Waals surface area contributed by atoms with Crippen molar-refractivity contribution in [1.29, 1.82) is 0 Å². The van der Waals surface area contributed by atoms with Crippen molar-refractivity contribution in [3.05, 3.63) is 41.7 Å². The van der Waals surface area contributed by atoms with Gasteiger partial charge in [0.15, 0.2) is 0 Å². The molecule has 0 aliphatic rings. The number of hydrogen-bond acceptors (Lipinski definition) is 3. The highest BCUT2D eigenvalue weighted by Gasteiger charge is 2.03. The quantitative estimate of drug-likeness (QED) is 0.572. The van der Waals surface area contributed by atoms with Crippen LogP contribution in [0.4, 0.5) is 11.4 Å². The number of nitrogens with two attached hydrogens (primary N) is 2. The largest absolute Gasteiger partial charge is 0.399 e. The van der Waals surface area contributed by atoms with Crippen molar-refractivity contribution < 1.29 is 0 Å². The molecule has 2 rings (SSSR count). The molecule has 0 atom stereocenters. The molecule has 0 unspecified atom stereocenters. The molecular weight excluding hydrogens is 210 g/mol. The summed E-state index contributed by atoms with van der Waals surface area (Å²) in [5, 5.41) is 0.439. The highest BCUT2D eigenvalue weighted by molar-refractivity contribution is 6.29. The van der Waals surface area contributed by atoms with Crippen LogP contribution in [0.1, 0.15) is 0 Å². The second-order valence-corrected chi connectivity index (χ2v) is 3.60. The summed E-state index contributed by atoms with van der Waals surface area (Å²) in [6.45, 7) is 0. The lowest BCUT2D eigenvalue weighted by Crippen LogP contribution is -1.93. The molecule has 1 aromatic heterocycles. The number of hydrogen-bond donors (Lipinski definition) is 2. The normalized spacial score (nSPS) is 10.2. The Balaban J connectivity index is 2.58. The summed E-state index contributed by atoms with van der Waals surface area (Å²) in [5.41, 5.74) is 14.7. The van der Waals surface area contributed by atoms with E-state index in [1.54, 1.807) is 24.4 Å². The monoisotopic (exact) mass is 219 g/mol. The van der Waals surface area contributed by atoms with Crippen LogP contribution in [0.25, 0.3) is 11.1 Å². The molecule has 1 aromatic carbocycles. The van der Waals surface area contributed by atoms with Gasteiger partial charge in [0.25, 0.3) is 0 Å². The van der Waals surface area contributed by atoms with Gasteiger partial charge in [0.2, 0.25) is 0 Å². The molecule has 15 heavy (non-hydrogen) atoms. The Morgan fingerprint density at radius 2 is 1.87 bits per heavy atom. The minimum absolute atomic E-state index is 0.439. The van der Waals surface area contributed by atoms with Gasteiger partial charge >= 0.3 is 0 Å². The Morgan fingerprint density at radius 3 is 2.60 bits per heavy atom. The fourth-order valence-corrected chi connectivity index (χ4v) is 1.57. The van der Waals surface area contributed by atoms with Crippen molar-refractivity contribution in [2.24, 2.45) is 0 Å². The lowest BCUT2D eigenvalue weighted by molar-refractivity contribution is 1.33. The Bertz CT molecular complexity index is 497. The molecule has 0 spiro atoms. The van der Waals surface area contributed by atoms with E-state index in [0.717, 1.165) is 11.1 Å². The minimum atomic E-state index is 0.439. The number of rotatable bonds is 1. The third-order valence-corrected chi connectivity index (χ3v) is 2.32. The van der Waals surface area contributed by atoms with Crippen LogP contribution in [0.3, 0.4) is 0 Å². The first kappa shape index (κ1) is 9.80. The SMILES string of the molecule is Nc1ccc(N)c(-c2ccnc(Cl)c2)c1. The number of anilines is 2. The maximum atomic E-state index is 5.85. The Labute approximate surface area is 92.7 Å². The molecule has 0 amide bonds. The lowest BCUT2D eigenvalue weighted by atomic mass is 10.0. The Morgan fingerprint density at radius 1 is 1.07 bits per heavy atom. The average Bonchev–Trinajstić information content (AvgIpc) is 2.22. The van der Waals surface area contributed by atoms with Crippen molar-refractivity contribution in [2.45, 2.75) is 0 Å². The van der Waals surface area contributed by atoms with Gasteiger partial charge in [-0.25, -0.2) is 4.98 Å². The van der Waals surface area contributed by atoms with Gasteiger partial charge in [-0.1, -0.05) is 11.6 Å². The summed E-state index contributed by atoms with van der Waals surface area (Å²) >= 11 is 5.80. The van der Waals surface area contributed by atoms with E-state index < -0.39 is 0 Å². The molecule has 4 heteroatoms. The van der Waals surface area contributed by atoms with Gasteiger partial charge in [0, 0.05) is 23.1 Å². The molecule has 0 bridgehead atoms. The number of nitrogens with zero attached hydrogens (tertiary/aromatic N) is 1. The molecule has 0 saturated carbocycles. The maximum absolute atomic E-state index is 5.85. The summed E-state index contributed by atoms with van der Waals surface area (Å²) in [4.78, 5) is 3.91. The molecule has 0 fully saturated rings. The van der Waals surface area contributed by atoms with E-state index >= 15 is 0 Å². The van der Waals surface area contributed by atoms with Crippen LogP contribution >= 0.6 is 11.6 Å². The number of halogens is 1. The zero-order valence-corrected chi connectivity index (χ0v) is 8.70. The predicted molar refractivity (Wildman–Crippen MR) is 63.5 cm³/mol. The number of nitrogen functional groups attached to an aromatic ring is 2. The average molecular weight is 220 g/mol. The fraction of sp³-hybridized carbons (Fsp3) is 0. The molecule has 0 radical (unpaired) electrons. The van der Waals surface area contributed by atoms with Crippen LogP contribution in [0.15, 0.2) is 36.5 Å². The molecule has 3 nitrogen and oxygen atoms in total. The maximum Gasteiger partial charge on any atom is 0.129 e. The van der Waals surface area contributed by atoms with Crippen molar-refractivity contribution in [1.82, 2.24) is 4.98 Å². The van der Waals surface area contributed by atoms with Crippen molar-refractivity contribution >= 4 is 23.0 Å². The molecule has 1 heterocycles. The van der Waals surface area contributed by atoms with Crippen LogP contribution in [0.2, 0.25) is 5.15 Å². The first-order valence-corrected chi connectivity index (χ1v) is 4.81. The third kappa shape index (κ3) is 2.02. The van der Waals surface area contributed by atoms with Crippen molar-refractivity contribution in [2.75, 3.05) is 11.5 Å². The van der Waals surface area contributed by atoms with E-state index in [-0.39, 0.29) is 0 Å². The predicted octanol–water partition coefficient (Wildman–Crippen LogP) is 2.57. The molecule has 0 saturated heterocycles. The Kier molecular flexibility index (Phi) is 2.47. The van der Waals surface area contributed by atoms with E-state index in [2.05, 4.69) is 4.98 Å². The second kappa shape index (κ2) is 3.79. The first-order valence-electron chi connectivity index (χ1n) is 4.44. The third-order valence-electron chi connectivity index (χ3n) is 2.11. The van der Waals surface area contributed by atoms with Crippen molar-refractivity contribution in [3.63, 3.8) is 0 Å². The van der Waals surface area contributed by atoms with E-state index in [4.69, 9.17) is 23.1 Å². The van der Waals surface area contributed by atoms with Gasteiger partial charge in [0.1, 0.15) is 5.15 Å². The molecular formula is C11H10ClN3. The van der Waals surface area contributed by atoms with Gasteiger partial charge in [0.05, 0.1) is 0 Å². The van der Waals surface area contributed by atoms with Crippen LogP contribution in [0, 0.1) is 0 Å². The number of aromatic nitrogens is 1. The van der Waals surface area contributed by atoms with E-state index in [1.165, 1.54) is 0 Å². The minimum Gasteiger partial charge on any atom is -0.399 e. The summed E-state index contributed by atoms with van der Waals surface area (Å²) in [5.74, 6) is 0. The van der Waals surface area contributed by atoms with E-state index in [1.807, 2.05) is 12.1 Å². The summed E-state index contributed by atoms with van der Waals surface area (Å²) in [6.07, 6.45) is 1.64. The lowest BCUT2D eigenvalue weighted by Gasteiger charge is -2.06. The van der Waals surface area contributed by atoms with E-state index in [0.29, 0.717) is 16.5 Å². The van der Waals surface area contributed by atoms with Crippen LogP contribution in [-0.4, -0.2) is 4.98 Å². The topological polar surface area (TPSA) is 64.9 Å². The molecule has 76 valence electrons. The van der Waals surface area contributed by atoms with Gasteiger partial charge in [-0.2, -0.15) is 0 Å². The summed E-state index contributed by atoms with van der Waals surface area (Å²) in [7, 11) is 0.